The van der Waals surface area contributed by atoms with Crippen LogP contribution >= 0.6 is 23.3 Å². The van der Waals surface area contributed by atoms with E-state index in [2.05, 4.69) is 25.1 Å². The maximum absolute atomic E-state index is 12.9. The van der Waals surface area contributed by atoms with E-state index in [-0.39, 0.29) is 28.9 Å². The van der Waals surface area contributed by atoms with Gasteiger partial charge < -0.3 is 26.3 Å². The molecule has 16 heteroatoms. The quantitative estimate of drug-likeness (QED) is 0.102. The van der Waals surface area contributed by atoms with E-state index in [1.165, 1.54) is 18.9 Å². The van der Waals surface area contributed by atoms with Crippen molar-refractivity contribution in [1.29, 1.82) is 0 Å². The van der Waals surface area contributed by atoms with Gasteiger partial charge in [0.15, 0.2) is 24.1 Å². The van der Waals surface area contributed by atoms with Crippen LogP contribution in [0.4, 0.5) is 10.8 Å². The summed E-state index contributed by atoms with van der Waals surface area (Å²) in [6.07, 6.45) is 3.91. The fourth-order valence-electron chi connectivity index (χ4n) is 3.62. The predicted molar refractivity (Wildman–Crippen MR) is 124 cm³/mol. The fraction of sp³-hybridized carbons (Fsp3) is 0.263. The Morgan fingerprint density at radius 1 is 1.49 bits per heavy atom. The first-order valence-corrected chi connectivity index (χ1v) is 11.8. The summed E-state index contributed by atoms with van der Waals surface area (Å²) in [7, 11) is 1.24. The summed E-state index contributed by atoms with van der Waals surface area (Å²) in [5.74, 6) is -2.33. The molecule has 0 aliphatic carbocycles. The Hall–Kier alpha value is -4.05. The molecule has 0 saturated carbocycles. The standard InChI is InChI=1S/C19H18N8O6S2/c1-33-24-11(14-23-19(20)35-25-14)15(29)22-12-16(30)27-13(18(31)32)9(7-34-17(12)27)5-26-4-2-3-10(6-26)21-8-28/h2-4,6,8,12,17H,5,7H2,1H3,(H4-,20,21,22,23,25,28,29,31,32)/p+1/t12?,17-/m1/s1. The molecule has 2 aliphatic rings. The molecular weight excluding hydrogens is 500 g/mol. The second-order valence-corrected chi connectivity index (χ2v) is 9.11. The third-order valence-electron chi connectivity index (χ3n) is 5.04. The number of nitrogens with two attached hydrogens (primary N) is 1. The number of nitrogens with one attached hydrogen (secondary N) is 2. The summed E-state index contributed by atoms with van der Waals surface area (Å²) >= 11 is 2.19. The predicted octanol–water partition coefficient (Wildman–Crippen LogP) is -1.23. The molecule has 182 valence electrons. The molecule has 2 aromatic heterocycles. The summed E-state index contributed by atoms with van der Waals surface area (Å²) < 4.78 is 5.64. The van der Waals surface area contributed by atoms with Crippen LogP contribution in [-0.4, -0.2) is 73.5 Å². The Morgan fingerprint density at radius 3 is 2.94 bits per heavy atom. The van der Waals surface area contributed by atoms with Gasteiger partial charge in [-0.1, -0.05) is 5.16 Å². The Bertz CT molecular complexity index is 1260. The van der Waals surface area contributed by atoms with Crippen molar-refractivity contribution in [3.05, 3.63) is 41.6 Å². The zero-order chi connectivity index (χ0) is 25.1. The molecule has 14 nitrogen and oxygen atoms in total. The van der Waals surface area contributed by atoms with Crippen molar-refractivity contribution < 1.29 is 33.7 Å². The largest absolute Gasteiger partial charge is 0.477 e. The van der Waals surface area contributed by atoms with Crippen LogP contribution in [0, 0.1) is 0 Å². The number of carboxylic acid groups (broad SMARTS) is 1. The number of pyridine rings is 1. The summed E-state index contributed by atoms with van der Waals surface area (Å²) in [6, 6.07) is 2.41. The summed E-state index contributed by atoms with van der Waals surface area (Å²) in [5.41, 5.74) is 6.22. The van der Waals surface area contributed by atoms with Crippen molar-refractivity contribution in [2.24, 2.45) is 5.16 Å². The highest BCUT2D eigenvalue weighted by molar-refractivity contribution is 8.00. The minimum absolute atomic E-state index is 0.0523. The number of hydrogen-bond donors (Lipinski definition) is 4. The molecule has 0 bridgehead atoms. The Morgan fingerprint density at radius 2 is 2.29 bits per heavy atom. The average Bonchev–Trinajstić information content (AvgIpc) is 3.26. The van der Waals surface area contributed by atoms with E-state index in [4.69, 9.17) is 10.6 Å². The summed E-state index contributed by atoms with van der Waals surface area (Å²) in [4.78, 5) is 58.3. The first-order valence-electron chi connectivity index (χ1n) is 9.95. The first-order chi connectivity index (χ1) is 16.8. The van der Waals surface area contributed by atoms with Gasteiger partial charge in [0.25, 0.3) is 11.8 Å². The molecule has 2 aromatic rings. The number of aromatic nitrogens is 3. The number of hydrogen-bond acceptors (Lipinski definition) is 11. The van der Waals surface area contributed by atoms with Crippen molar-refractivity contribution >= 4 is 64.0 Å². The highest BCUT2D eigenvalue weighted by Crippen LogP contribution is 2.40. The van der Waals surface area contributed by atoms with Gasteiger partial charge in [0.1, 0.15) is 29.9 Å². The molecule has 1 unspecified atom stereocenters. The van der Waals surface area contributed by atoms with Crippen LogP contribution in [0.5, 0.6) is 0 Å². The number of oxime groups is 1. The maximum atomic E-state index is 12.9. The number of nitrogens with zero attached hydrogens (tertiary/aromatic N) is 5. The van der Waals surface area contributed by atoms with E-state index >= 15 is 0 Å². The van der Waals surface area contributed by atoms with Crippen molar-refractivity contribution in [3.63, 3.8) is 0 Å². The number of aliphatic carboxylic acids is 1. The van der Waals surface area contributed by atoms with E-state index in [1.54, 1.807) is 29.1 Å². The van der Waals surface area contributed by atoms with E-state index in [1.807, 2.05) is 0 Å². The second-order valence-electron chi connectivity index (χ2n) is 7.22. The van der Waals surface area contributed by atoms with E-state index in [0.29, 0.717) is 23.4 Å². The molecule has 2 atom stereocenters. The number of amides is 3. The SMILES string of the molecule is CON=C(C(=O)NC1C(=O)N2C(C(=O)O)=C(C[n+]3cccc(NC=O)c3)CS[C@H]12)c1nsc(N)n1. The highest BCUT2D eigenvalue weighted by Gasteiger charge is 2.54. The molecule has 4 rings (SSSR count). The minimum atomic E-state index is -1.25. The molecule has 1 fully saturated rings. The van der Waals surface area contributed by atoms with Gasteiger partial charge in [-0.2, -0.15) is 13.9 Å². The van der Waals surface area contributed by atoms with E-state index in [0.717, 1.165) is 16.4 Å². The van der Waals surface area contributed by atoms with Crippen LogP contribution in [0.3, 0.4) is 0 Å². The summed E-state index contributed by atoms with van der Waals surface area (Å²) in [6.45, 7) is 0.193. The molecule has 5 N–H and O–H groups in total. The Labute approximate surface area is 206 Å². The second kappa shape index (κ2) is 10.1. The Kier molecular flexibility index (Phi) is 6.92. The lowest BCUT2D eigenvalue weighted by atomic mass is 10.0. The topological polar surface area (TPSA) is 193 Å². The van der Waals surface area contributed by atoms with E-state index < -0.39 is 29.2 Å². The lowest BCUT2D eigenvalue weighted by Crippen LogP contribution is -2.71. The van der Waals surface area contributed by atoms with Gasteiger partial charge in [0.05, 0.1) is 0 Å². The number of β-lactam (4-membered cyclic amide) rings is 1. The van der Waals surface area contributed by atoms with E-state index in [9.17, 15) is 24.3 Å². The molecule has 0 spiro atoms. The molecule has 1 saturated heterocycles. The molecular formula is C19H19N8O6S2+. The molecule has 0 radical (unpaired) electrons. The van der Waals surface area contributed by atoms with Crippen LogP contribution < -0.4 is 20.9 Å². The van der Waals surface area contributed by atoms with Crippen molar-refractivity contribution in [1.82, 2.24) is 19.6 Å². The maximum Gasteiger partial charge on any atom is 0.352 e. The van der Waals surface area contributed by atoms with Crippen molar-refractivity contribution in [2.75, 3.05) is 23.9 Å². The van der Waals surface area contributed by atoms with Gasteiger partial charge in [0.2, 0.25) is 17.9 Å². The highest BCUT2D eigenvalue weighted by atomic mass is 32.2. The number of thioether (sulfide) groups is 1. The molecule has 3 amide bonds. The number of anilines is 2. The smallest absolute Gasteiger partial charge is 0.352 e. The Balaban J connectivity index is 1.53. The van der Waals surface area contributed by atoms with Gasteiger partial charge in [-0.25, -0.2) is 4.79 Å². The molecule has 35 heavy (non-hydrogen) atoms. The van der Waals surface area contributed by atoms with Gasteiger partial charge in [-0.05, 0) is 6.07 Å². The monoisotopic (exact) mass is 519 g/mol. The number of carbonyl (C=O) groups is 4. The zero-order valence-corrected chi connectivity index (χ0v) is 19.7. The lowest BCUT2D eigenvalue weighted by Gasteiger charge is -2.49. The normalized spacial score (nSPS) is 19.5. The lowest BCUT2D eigenvalue weighted by molar-refractivity contribution is -0.688. The third-order valence-corrected chi connectivity index (χ3v) is 6.93. The van der Waals surface area contributed by atoms with Crippen LogP contribution in [0.15, 0.2) is 41.0 Å². The van der Waals surface area contributed by atoms with Crippen molar-refractivity contribution in [3.8, 4) is 0 Å². The van der Waals surface area contributed by atoms with Crippen LogP contribution in [0.2, 0.25) is 0 Å². The average molecular weight is 520 g/mol. The zero-order valence-electron chi connectivity index (χ0n) is 18.1. The minimum Gasteiger partial charge on any atom is -0.477 e. The summed E-state index contributed by atoms with van der Waals surface area (Å²) in [5, 5.41) is 18.1. The molecule has 4 heterocycles. The number of fused-ring (bicyclic) bond motifs is 1. The number of nitrogen functional groups attached to an aromatic ring is 1. The van der Waals surface area contributed by atoms with Crippen LogP contribution in [0.25, 0.3) is 0 Å². The van der Waals surface area contributed by atoms with Gasteiger partial charge >= 0.3 is 5.97 Å². The van der Waals surface area contributed by atoms with Gasteiger partial charge in [0, 0.05) is 28.9 Å². The van der Waals surface area contributed by atoms with Gasteiger partial charge in [-0.3, -0.25) is 19.3 Å². The molecule has 0 aromatic carbocycles. The van der Waals surface area contributed by atoms with Gasteiger partial charge in [-0.15, -0.1) is 11.8 Å². The number of carbonyl (C=O) groups excluding carboxylic acids is 3. The number of carboxylic acids is 1. The fourth-order valence-corrected chi connectivity index (χ4v) is 5.38. The number of rotatable bonds is 9. The van der Waals surface area contributed by atoms with Crippen LogP contribution in [0.1, 0.15) is 5.82 Å². The van der Waals surface area contributed by atoms with Crippen LogP contribution in [-0.2, 0) is 30.6 Å². The first kappa shape index (κ1) is 24.1. The molecule has 2 aliphatic heterocycles. The third kappa shape index (κ3) is 4.78. The van der Waals surface area contributed by atoms with Crippen molar-refractivity contribution in [2.45, 2.75) is 18.0 Å².